The van der Waals surface area contributed by atoms with Gasteiger partial charge in [0.15, 0.2) is 0 Å². The molecule has 20 heavy (non-hydrogen) atoms. The summed E-state index contributed by atoms with van der Waals surface area (Å²) in [5.74, 6) is -0.0796. The topological polar surface area (TPSA) is 44.8 Å². The molecule has 1 aliphatic heterocycles. The molecular formula is C15H27N3O2. The Labute approximate surface area is 121 Å². The molecule has 0 amide bonds. The summed E-state index contributed by atoms with van der Waals surface area (Å²) < 4.78 is 5.21. The van der Waals surface area contributed by atoms with E-state index in [1.54, 1.807) is 0 Å². The molecule has 3 aliphatic rings. The fraction of sp³-hybridized carbons (Fsp3) is 0.933. The molecule has 0 aromatic carbocycles. The number of carbonyl (C=O) groups excluding carboxylic acids is 1. The first-order valence-corrected chi connectivity index (χ1v) is 8.15. The number of piperazine rings is 1. The van der Waals surface area contributed by atoms with Crippen LogP contribution in [-0.2, 0) is 9.53 Å². The number of hydrogen-bond donors (Lipinski definition) is 1. The summed E-state index contributed by atoms with van der Waals surface area (Å²) in [5.41, 5.74) is 0. The predicted molar refractivity (Wildman–Crippen MR) is 77.6 cm³/mol. The summed E-state index contributed by atoms with van der Waals surface area (Å²) >= 11 is 0. The second-order valence-electron chi connectivity index (χ2n) is 6.31. The lowest BCUT2D eigenvalue weighted by atomic mass is 10.2. The zero-order chi connectivity index (χ0) is 13.9. The van der Waals surface area contributed by atoms with Crippen molar-refractivity contribution in [1.29, 1.82) is 0 Å². The lowest BCUT2D eigenvalue weighted by molar-refractivity contribution is -0.146. The van der Waals surface area contributed by atoms with Crippen LogP contribution in [0.4, 0.5) is 0 Å². The van der Waals surface area contributed by atoms with E-state index in [1.165, 1.54) is 25.7 Å². The van der Waals surface area contributed by atoms with Crippen molar-refractivity contribution in [2.45, 2.75) is 50.7 Å². The van der Waals surface area contributed by atoms with E-state index in [0.29, 0.717) is 12.6 Å². The van der Waals surface area contributed by atoms with Gasteiger partial charge in [-0.25, -0.2) is 0 Å². The SMILES string of the molecule is CCOC(=O)C(CN1CCN(C2CC2)CC1)NC1CC1. The smallest absolute Gasteiger partial charge is 0.324 e. The van der Waals surface area contributed by atoms with Gasteiger partial charge in [0.1, 0.15) is 6.04 Å². The van der Waals surface area contributed by atoms with Gasteiger partial charge >= 0.3 is 5.97 Å². The molecule has 1 heterocycles. The number of hydrogen-bond acceptors (Lipinski definition) is 5. The van der Waals surface area contributed by atoms with E-state index in [9.17, 15) is 4.79 Å². The van der Waals surface area contributed by atoms with Gasteiger partial charge in [-0.15, -0.1) is 0 Å². The van der Waals surface area contributed by atoms with E-state index >= 15 is 0 Å². The molecule has 2 saturated carbocycles. The monoisotopic (exact) mass is 281 g/mol. The van der Waals surface area contributed by atoms with Crippen LogP contribution < -0.4 is 5.32 Å². The summed E-state index contributed by atoms with van der Waals surface area (Å²) in [4.78, 5) is 17.1. The summed E-state index contributed by atoms with van der Waals surface area (Å²) in [6, 6.07) is 1.26. The molecule has 114 valence electrons. The Bertz CT molecular complexity index is 334. The van der Waals surface area contributed by atoms with Crippen molar-refractivity contribution in [2.75, 3.05) is 39.3 Å². The second-order valence-corrected chi connectivity index (χ2v) is 6.31. The molecule has 0 aromatic rings. The maximum Gasteiger partial charge on any atom is 0.324 e. The predicted octanol–water partition coefficient (Wildman–Crippen LogP) is 0.450. The molecule has 0 spiro atoms. The van der Waals surface area contributed by atoms with E-state index in [1.807, 2.05) is 6.92 Å². The van der Waals surface area contributed by atoms with Crippen molar-refractivity contribution in [3.8, 4) is 0 Å². The highest BCUT2D eigenvalue weighted by Gasteiger charge is 2.34. The first kappa shape index (κ1) is 14.3. The number of nitrogens with one attached hydrogen (secondary N) is 1. The van der Waals surface area contributed by atoms with Crippen LogP contribution in [0.3, 0.4) is 0 Å². The standard InChI is InChI=1S/C15H27N3O2/c1-2-20-15(19)14(16-12-3-4-12)11-17-7-9-18(10-8-17)13-5-6-13/h12-14,16H,2-11H2,1H3. The van der Waals surface area contributed by atoms with Gasteiger partial charge in [-0.2, -0.15) is 0 Å². The van der Waals surface area contributed by atoms with E-state index < -0.39 is 0 Å². The normalized spacial score (nSPS) is 26.4. The van der Waals surface area contributed by atoms with Crippen LogP contribution in [0.25, 0.3) is 0 Å². The highest BCUT2D eigenvalue weighted by molar-refractivity contribution is 5.76. The van der Waals surface area contributed by atoms with Crippen LogP contribution in [-0.4, -0.2) is 73.2 Å². The first-order chi connectivity index (χ1) is 9.76. The molecule has 0 radical (unpaired) electrons. The second kappa shape index (κ2) is 6.41. The third-order valence-corrected chi connectivity index (χ3v) is 4.50. The third-order valence-electron chi connectivity index (χ3n) is 4.50. The van der Waals surface area contributed by atoms with Crippen molar-refractivity contribution < 1.29 is 9.53 Å². The van der Waals surface area contributed by atoms with E-state index in [2.05, 4.69) is 15.1 Å². The Morgan fingerprint density at radius 3 is 2.45 bits per heavy atom. The highest BCUT2D eigenvalue weighted by Crippen LogP contribution is 2.27. The van der Waals surface area contributed by atoms with Crippen molar-refractivity contribution in [3.05, 3.63) is 0 Å². The molecule has 5 nitrogen and oxygen atoms in total. The number of esters is 1. The fourth-order valence-corrected chi connectivity index (χ4v) is 2.98. The lowest BCUT2D eigenvalue weighted by Crippen LogP contribution is -2.53. The van der Waals surface area contributed by atoms with Gasteiger partial charge in [-0.1, -0.05) is 0 Å². The van der Waals surface area contributed by atoms with Gasteiger partial charge in [-0.3, -0.25) is 14.6 Å². The molecular weight excluding hydrogens is 254 g/mol. The highest BCUT2D eigenvalue weighted by atomic mass is 16.5. The van der Waals surface area contributed by atoms with Crippen LogP contribution in [0.5, 0.6) is 0 Å². The molecule has 1 atom stereocenters. The van der Waals surface area contributed by atoms with Gasteiger partial charge in [0, 0.05) is 44.8 Å². The molecule has 1 saturated heterocycles. The minimum Gasteiger partial charge on any atom is -0.465 e. The Kier molecular flexibility index (Phi) is 4.58. The Morgan fingerprint density at radius 2 is 1.90 bits per heavy atom. The fourth-order valence-electron chi connectivity index (χ4n) is 2.98. The van der Waals surface area contributed by atoms with Gasteiger partial charge in [0.2, 0.25) is 0 Å². The van der Waals surface area contributed by atoms with Crippen molar-refractivity contribution in [2.24, 2.45) is 0 Å². The Balaban J connectivity index is 1.46. The van der Waals surface area contributed by atoms with Gasteiger partial charge in [-0.05, 0) is 32.6 Å². The van der Waals surface area contributed by atoms with Crippen molar-refractivity contribution in [1.82, 2.24) is 15.1 Å². The molecule has 0 bridgehead atoms. The first-order valence-electron chi connectivity index (χ1n) is 8.15. The van der Waals surface area contributed by atoms with Gasteiger partial charge < -0.3 is 10.1 Å². The average Bonchev–Trinajstić information content (AvgIpc) is 3.33. The van der Waals surface area contributed by atoms with E-state index in [4.69, 9.17) is 4.74 Å². The lowest BCUT2D eigenvalue weighted by Gasteiger charge is -2.36. The van der Waals surface area contributed by atoms with E-state index in [-0.39, 0.29) is 12.0 Å². The quantitative estimate of drug-likeness (QED) is 0.687. The minimum atomic E-state index is -0.144. The van der Waals surface area contributed by atoms with E-state index in [0.717, 1.165) is 38.8 Å². The maximum atomic E-state index is 12.0. The maximum absolute atomic E-state index is 12.0. The zero-order valence-corrected chi connectivity index (χ0v) is 12.5. The van der Waals surface area contributed by atoms with Crippen molar-refractivity contribution >= 4 is 5.97 Å². The average molecular weight is 281 g/mol. The van der Waals surface area contributed by atoms with Gasteiger partial charge in [0.25, 0.3) is 0 Å². The van der Waals surface area contributed by atoms with Crippen LogP contribution in [0, 0.1) is 0 Å². The molecule has 2 aliphatic carbocycles. The van der Waals surface area contributed by atoms with Crippen LogP contribution in [0.2, 0.25) is 0 Å². The molecule has 5 heteroatoms. The summed E-state index contributed by atoms with van der Waals surface area (Å²) in [7, 11) is 0. The third kappa shape index (κ3) is 3.93. The summed E-state index contributed by atoms with van der Waals surface area (Å²) in [6.07, 6.45) is 5.17. The molecule has 0 aromatic heterocycles. The molecule has 1 N–H and O–H groups in total. The molecule has 1 unspecified atom stereocenters. The van der Waals surface area contributed by atoms with Crippen LogP contribution in [0.1, 0.15) is 32.6 Å². The minimum absolute atomic E-state index is 0.0796. The van der Waals surface area contributed by atoms with Gasteiger partial charge in [0.05, 0.1) is 6.61 Å². The summed E-state index contributed by atoms with van der Waals surface area (Å²) in [5, 5.41) is 3.44. The van der Waals surface area contributed by atoms with Crippen molar-refractivity contribution in [3.63, 3.8) is 0 Å². The largest absolute Gasteiger partial charge is 0.465 e. The molecule has 3 rings (SSSR count). The number of rotatable bonds is 7. The summed E-state index contributed by atoms with van der Waals surface area (Å²) in [6.45, 7) is 7.62. The van der Waals surface area contributed by atoms with Crippen LogP contribution >= 0.6 is 0 Å². The molecule has 3 fully saturated rings. The zero-order valence-electron chi connectivity index (χ0n) is 12.5. The van der Waals surface area contributed by atoms with Crippen LogP contribution in [0.15, 0.2) is 0 Å². The number of carbonyl (C=O) groups is 1. The number of ether oxygens (including phenoxy) is 1. The Morgan fingerprint density at radius 1 is 1.20 bits per heavy atom. The Hall–Kier alpha value is -0.650. The number of nitrogens with zero attached hydrogens (tertiary/aromatic N) is 2.